The molecule has 1 atom stereocenters. The summed E-state index contributed by atoms with van der Waals surface area (Å²) in [6.45, 7) is 1.05. The van der Waals surface area contributed by atoms with E-state index in [2.05, 4.69) is 5.32 Å². The molecule has 0 radical (unpaired) electrons. The highest BCUT2D eigenvalue weighted by molar-refractivity contribution is 7.91. The Hall–Kier alpha value is -2.38. The molecule has 7 heteroatoms. The van der Waals surface area contributed by atoms with Gasteiger partial charge in [-0.25, -0.2) is 8.42 Å². The molecule has 2 N–H and O–H groups in total. The number of rotatable bonds is 9. The first kappa shape index (κ1) is 22.3. The van der Waals surface area contributed by atoms with E-state index in [1.54, 1.807) is 54.6 Å². The van der Waals surface area contributed by atoms with Crippen LogP contribution in [0.5, 0.6) is 5.75 Å². The average Bonchev–Trinajstić information content (AvgIpc) is 2.77. The maximum Gasteiger partial charge on any atom is 0.210 e. The van der Waals surface area contributed by atoms with Gasteiger partial charge in [0.25, 0.3) is 0 Å². The smallest absolute Gasteiger partial charge is 0.210 e. The van der Waals surface area contributed by atoms with E-state index in [0.29, 0.717) is 30.3 Å². The lowest BCUT2D eigenvalue weighted by molar-refractivity contribution is 0.175. The van der Waals surface area contributed by atoms with Gasteiger partial charge < -0.3 is 15.2 Å². The molecule has 0 bridgehead atoms. The quantitative estimate of drug-likeness (QED) is 0.486. The molecule has 0 fully saturated rings. The molecule has 0 saturated heterocycles. The van der Waals surface area contributed by atoms with E-state index in [1.807, 2.05) is 12.1 Å². The van der Waals surface area contributed by atoms with Crippen molar-refractivity contribution in [3.05, 3.63) is 88.9 Å². The molecule has 0 aliphatic heterocycles. The number of aliphatic hydroxyl groups excluding tert-OH is 1. The van der Waals surface area contributed by atoms with Crippen molar-refractivity contribution in [3.8, 4) is 5.75 Å². The summed E-state index contributed by atoms with van der Waals surface area (Å²) in [7, 11) is -2.20. The van der Waals surface area contributed by atoms with E-state index < -0.39 is 15.9 Å². The second-order valence-electron chi connectivity index (χ2n) is 6.82. The maximum atomic E-state index is 12.9. The normalized spacial score (nSPS) is 12.5. The zero-order valence-electron chi connectivity index (χ0n) is 16.6. The van der Waals surface area contributed by atoms with Gasteiger partial charge in [-0.2, -0.15) is 0 Å². The number of halogens is 1. The van der Waals surface area contributed by atoms with E-state index >= 15 is 0 Å². The largest absolute Gasteiger partial charge is 0.495 e. The Labute approximate surface area is 182 Å². The zero-order valence-corrected chi connectivity index (χ0v) is 18.2. The highest BCUT2D eigenvalue weighted by Gasteiger charge is 2.21. The Bertz CT molecular complexity index is 1080. The fraction of sp³-hybridized carbons (Fsp3) is 0.217. The highest BCUT2D eigenvalue weighted by Crippen LogP contribution is 2.29. The Morgan fingerprint density at radius 1 is 1.03 bits per heavy atom. The first-order valence-electron chi connectivity index (χ1n) is 9.53. The molecule has 158 valence electrons. The first-order chi connectivity index (χ1) is 14.4. The minimum absolute atomic E-state index is 0.150. The number of hydrogen-bond donors (Lipinski definition) is 2. The van der Waals surface area contributed by atoms with Crippen molar-refractivity contribution in [2.45, 2.75) is 22.3 Å². The minimum Gasteiger partial charge on any atom is -0.495 e. The summed E-state index contributed by atoms with van der Waals surface area (Å²) < 4.78 is 31.0. The monoisotopic (exact) mass is 445 g/mol. The second-order valence-corrected chi connectivity index (χ2v) is 9.18. The number of aliphatic hydroxyl groups is 1. The van der Waals surface area contributed by atoms with Crippen LogP contribution in [-0.4, -0.2) is 33.7 Å². The van der Waals surface area contributed by atoms with Gasteiger partial charge in [0.05, 0.1) is 18.1 Å². The molecule has 0 saturated carbocycles. The summed E-state index contributed by atoms with van der Waals surface area (Å²) in [6, 6.07) is 20.6. The van der Waals surface area contributed by atoms with Crippen molar-refractivity contribution in [1.29, 1.82) is 0 Å². The van der Waals surface area contributed by atoms with Gasteiger partial charge in [-0.1, -0.05) is 48.0 Å². The third-order valence-corrected chi connectivity index (χ3v) is 6.80. The molecule has 0 heterocycles. The molecule has 3 rings (SSSR count). The lowest BCUT2D eigenvalue weighted by Gasteiger charge is -2.13. The van der Waals surface area contributed by atoms with Crippen LogP contribution in [0, 0.1) is 0 Å². The summed E-state index contributed by atoms with van der Waals surface area (Å²) in [4.78, 5) is 0.372. The summed E-state index contributed by atoms with van der Waals surface area (Å²) >= 11 is 5.95. The van der Waals surface area contributed by atoms with E-state index in [9.17, 15) is 13.5 Å². The number of nitrogens with one attached hydrogen (secondary N) is 1. The summed E-state index contributed by atoms with van der Waals surface area (Å²) in [5.74, 6) is 0.323. The molecule has 0 spiro atoms. The summed E-state index contributed by atoms with van der Waals surface area (Å²) in [5, 5.41) is 14.0. The van der Waals surface area contributed by atoms with E-state index in [0.717, 1.165) is 11.1 Å². The molecule has 0 aromatic heterocycles. The average molecular weight is 446 g/mol. The number of para-hydroxylation sites is 1. The van der Waals surface area contributed by atoms with Crippen LogP contribution in [0.3, 0.4) is 0 Å². The van der Waals surface area contributed by atoms with E-state index in [-0.39, 0.29) is 9.79 Å². The topological polar surface area (TPSA) is 75.6 Å². The number of ether oxygens (including phenoxy) is 1. The van der Waals surface area contributed by atoms with Crippen LogP contribution in [0.4, 0.5) is 0 Å². The van der Waals surface area contributed by atoms with Crippen LogP contribution < -0.4 is 10.1 Å². The molecular weight excluding hydrogens is 422 g/mol. The second kappa shape index (κ2) is 10.1. The third kappa shape index (κ3) is 5.40. The zero-order chi connectivity index (χ0) is 21.6. The Kier molecular flexibility index (Phi) is 7.50. The molecule has 3 aromatic carbocycles. The van der Waals surface area contributed by atoms with Gasteiger partial charge in [-0.3, -0.25) is 0 Å². The maximum absolute atomic E-state index is 12.9. The van der Waals surface area contributed by atoms with Crippen molar-refractivity contribution < 1.29 is 18.3 Å². The van der Waals surface area contributed by atoms with Crippen molar-refractivity contribution in [2.75, 3.05) is 20.2 Å². The molecular formula is C23H24ClNO4S. The molecule has 5 nitrogen and oxygen atoms in total. The Balaban J connectivity index is 1.57. The molecule has 3 aromatic rings. The van der Waals surface area contributed by atoms with Crippen molar-refractivity contribution >= 4 is 21.4 Å². The van der Waals surface area contributed by atoms with E-state index in [1.165, 1.54) is 13.2 Å². The lowest BCUT2D eigenvalue weighted by atomic mass is 10.1. The van der Waals surface area contributed by atoms with Crippen LogP contribution in [-0.2, 0) is 16.3 Å². The number of hydrogen-bond acceptors (Lipinski definition) is 5. The predicted molar refractivity (Wildman–Crippen MR) is 118 cm³/mol. The number of sulfone groups is 1. The SMILES string of the molecule is COc1ccccc1S(=O)(=O)c1ccc(CCNC[C@H](O)c2cccc(Cl)c2)cc1. The standard InChI is InChI=1S/C23H24ClNO4S/c1-29-22-7-2-3-8-23(22)30(27,28)20-11-9-17(10-12-20)13-14-25-16-21(26)18-5-4-6-19(24)15-18/h2-12,15,21,25-26H,13-14,16H2,1H3/t21-/m0/s1. The van der Waals surface area contributed by atoms with Gasteiger partial charge in [-0.15, -0.1) is 0 Å². The molecule has 0 aliphatic rings. The molecule has 0 aliphatic carbocycles. The number of benzene rings is 3. The first-order valence-corrected chi connectivity index (χ1v) is 11.4. The molecule has 30 heavy (non-hydrogen) atoms. The van der Waals surface area contributed by atoms with Crippen LogP contribution in [0.25, 0.3) is 0 Å². The van der Waals surface area contributed by atoms with Crippen molar-refractivity contribution in [2.24, 2.45) is 0 Å². The lowest BCUT2D eigenvalue weighted by Crippen LogP contribution is -2.23. The van der Waals surface area contributed by atoms with Gasteiger partial charge in [-0.05, 0) is 60.5 Å². The van der Waals surface area contributed by atoms with E-state index in [4.69, 9.17) is 16.3 Å². The Morgan fingerprint density at radius 3 is 2.47 bits per heavy atom. The van der Waals surface area contributed by atoms with Gasteiger partial charge in [0.1, 0.15) is 10.6 Å². The van der Waals surface area contributed by atoms with Gasteiger partial charge in [0.15, 0.2) is 0 Å². The van der Waals surface area contributed by atoms with Gasteiger partial charge in [0.2, 0.25) is 9.84 Å². The van der Waals surface area contributed by atoms with Crippen LogP contribution in [0.15, 0.2) is 82.6 Å². The predicted octanol–water partition coefficient (Wildman–Crippen LogP) is 4.05. The van der Waals surface area contributed by atoms with Gasteiger partial charge in [0, 0.05) is 11.6 Å². The summed E-state index contributed by atoms with van der Waals surface area (Å²) in [6.07, 6.45) is 0.0640. The fourth-order valence-electron chi connectivity index (χ4n) is 3.11. The Morgan fingerprint density at radius 2 is 1.77 bits per heavy atom. The van der Waals surface area contributed by atoms with Crippen LogP contribution in [0.1, 0.15) is 17.2 Å². The fourth-order valence-corrected chi connectivity index (χ4v) is 4.73. The molecule has 0 unspecified atom stereocenters. The van der Waals surface area contributed by atoms with Gasteiger partial charge >= 0.3 is 0 Å². The van der Waals surface area contributed by atoms with Crippen molar-refractivity contribution in [1.82, 2.24) is 5.32 Å². The number of methoxy groups -OCH3 is 1. The third-order valence-electron chi connectivity index (χ3n) is 4.75. The highest BCUT2D eigenvalue weighted by atomic mass is 35.5. The van der Waals surface area contributed by atoms with Crippen LogP contribution in [0.2, 0.25) is 5.02 Å². The van der Waals surface area contributed by atoms with Crippen LogP contribution >= 0.6 is 11.6 Å². The van der Waals surface area contributed by atoms with Crippen molar-refractivity contribution in [3.63, 3.8) is 0 Å². The minimum atomic E-state index is -3.65. The summed E-state index contributed by atoms with van der Waals surface area (Å²) in [5.41, 5.74) is 1.76. The molecule has 0 amide bonds.